The van der Waals surface area contributed by atoms with Crippen LogP contribution < -0.4 is 10.6 Å². The average Bonchev–Trinajstić information content (AvgIpc) is 2.25. The summed E-state index contributed by atoms with van der Waals surface area (Å²) in [7, 11) is 0. The number of carboxylic acid groups (broad SMARTS) is 1. The van der Waals surface area contributed by atoms with Gasteiger partial charge in [-0.25, -0.2) is 9.59 Å². The van der Waals surface area contributed by atoms with Crippen LogP contribution in [0.25, 0.3) is 0 Å². The van der Waals surface area contributed by atoms with Crippen LogP contribution in [0.2, 0.25) is 0 Å². The van der Waals surface area contributed by atoms with Crippen molar-refractivity contribution in [3.63, 3.8) is 0 Å². The molecule has 0 aromatic carbocycles. The topological polar surface area (TPSA) is 78.4 Å². The summed E-state index contributed by atoms with van der Waals surface area (Å²) in [5.74, 6) is -0.257. The van der Waals surface area contributed by atoms with Gasteiger partial charge in [-0.1, -0.05) is 20.3 Å². The summed E-state index contributed by atoms with van der Waals surface area (Å²) in [6, 6.07) is -1.24. The first-order chi connectivity index (χ1) is 7.52. The summed E-state index contributed by atoms with van der Waals surface area (Å²) >= 11 is 1.62. The highest BCUT2D eigenvalue weighted by Crippen LogP contribution is 2.07. The van der Waals surface area contributed by atoms with E-state index in [-0.39, 0.29) is 5.92 Å². The molecule has 0 spiro atoms. The molecule has 0 heterocycles. The number of thioether (sulfide) groups is 1. The largest absolute Gasteiger partial charge is 0.480 e. The third kappa shape index (κ3) is 5.85. The molecule has 0 aliphatic carbocycles. The molecule has 0 fully saturated rings. The fourth-order valence-electron chi connectivity index (χ4n) is 1.14. The smallest absolute Gasteiger partial charge is 0.326 e. The lowest BCUT2D eigenvalue weighted by molar-refractivity contribution is -0.140. The lowest BCUT2D eigenvalue weighted by Gasteiger charge is -2.20. The number of urea groups is 1. The van der Waals surface area contributed by atoms with Gasteiger partial charge < -0.3 is 15.7 Å². The Morgan fingerprint density at radius 3 is 2.50 bits per heavy atom. The molecule has 0 radical (unpaired) electrons. The second kappa shape index (κ2) is 8.27. The van der Waals surface area contributed by atoms with Crippen molar-refractivity contribution in [3.05, 3.63) is 0 Å². The number of amides is 2. The van der Waals surface area contributed by atoms with Gasteiger partial charge in [0.1, 0.15) is 6.04 Å². The van der Waals surface area contributed by atoms with Crippen molar-refractivity contribution in [1.29, 1.82) is 0 Å². The third-order valence-corrected chi connectivity index (χ3v) is 2.97. The molecule has 6 heteroatoms. The number of nitrogens with one attached hydrogen (secondary N) is 2. The van der Waals surface area contributed by atoms with Crippen molar-refractivity contribution in [2.45, 2.75) is 26.3 Å². The second-order valence-electron chi connectivity index (χ2n) is 3.59. The van der Waals surface area contributed by atoms with E-state index < -0.39 is 18.0 Å². The molecular weight excluding hydrogens is 228 g/mol. The Bertz CT molecular complexity index is 236. The Labute approximate surface area is 100 Å². The molecule has 5 nitrogen and oxygen atoms in total. The maximum absolute atomic E-state index is 11.4. The molecule has 0 aliphatic rings. The maximum atomic E-state index is 11.4. The molecule has 2 amide bonds. The Balaban J connectivity index is 4.09. The Morgan fingerprint density at radius 2 is 2.06 bits per heavy atom. The lowest BCUT2D eigenvalue weighted by Crippen LogP contribution is -2.49. The van der Waals surface area contributed by atoms with Crippen molar-refractivity contribution in [1.82, 2.24) is 10.6 Å². The summed E-state index contributed by atoms with van der Waals surface area (Å²) in [4.78, 5) is 22.3. The first-order valence-corrected chi connectivity index (χ1v) is 6.68. The minimum atomic E-state index is -0.991. The second-order valence-corrected chi connectivity index (χ2v) is 4.58. The minimum absolute atomic E-state index is 0.0798. The molecular formula is C10H20N2O3S. The van der Waals surface area contributed by atoms with Gasteiger partial charge in [-0.2, -0.15) is 11.8 Å². The van der Waals surface area contributed by atoms with Gasteiger partial charge in [0.2, 0.25) is 0 Å². The summed E-state index contributed by atoms with van der Waals surface area (Å²) in [5, 5.41) is 14.0. The molecule has 0 bridgehead atoms. The van der Waals surface area contributed by atoms with Gasteiger partial charge in [0.15, 0.2) is 0 Å². The molecule has 0 aromatic heterocycles. The summed E-state index contributed by atoms with van der Waals surface area (Å²) < 4.78 is 0. The van der Waals surface area contributed by atoms with E-state index in [1.54, 1.807) is 18.7 Å². The van der Waals surface area contributed by atoms with E-state index >= 15 is 0 Å². The van der Waals surface area contributed by atoms with Crippen LogP contribution in [0.4, 0.5) is 4.79 Å². The summed E-state index contributed by atoms with van der Waals surface area (Å²) in [6.07, 6.45) is 2.65. The van der Waals surface area contributed by atoms with E-state index in [0.717, 1.165) is 5.75 Å². The van der Waals surface area contributed by atoms with Gasteiger partial charge in [-0.15, -0.1) is 0 Å². The molecule has 0 saturated carbocycles. The predicted molar refractivity (Wildman–Crippen MR) is 65.8 cm³/mol. The molecule has 3 N–H and O–H groups in total. The quantitative estimate of drug-likeness (QED) is 0.591. The predicted octanol–water partition coefficient (Wildman–Crippen LogP) is 1.15. The highest BCUT2D eigenvalue weighted by atomic mass is 32.2. The van der Waals surface area contributed by atoms with Crippen molar-refractivity contribution >= 4 is 23.8 Å². The zero-order valence-corrected chi connectivity index (χ0v) is 10.8. The van der Waals surface area contributed by atoms with Crippen molar-refractivity contribution in [2.75, 3.05) is 18.6 Å². The standard InChI is InChI=1S/C10H20N2O3S/c1-4-7(2)8(9(13)14)12-10(15)11-5-6-16-3/h7-8H,4-6H2,1-3H3,(H,13,14)(H2,11,12,15). The monoisotopic (exact) mass is 248 g/mol. The summed E-state index contributed by atoms with van der Waals surface area (Å²) in [6.45, 7) is 4.24. The Morgan fingerprint density at radius 1 is 1.44 bits per heavy atom. The van der Waals surface area contributed by atoms with Crippen LogP contribution in [0.15, 0.2) is 0 Å². The maximum Gasteiger partial charge on any atom is 0.326 e. The molecule has 2 atom stereocenters. The normalized spacial score (nSPS) is 13.9. The van der Waals surface area contributed by atoms with Crippen LogP contribution >= 0.6 is 11.8 Å². The number of hydrogen-bond acceptors (Lipinski definition) is 3. The van der Waals surface area contributed by atoms with Crippen LogP contribution in [0, 0.1) is 5.92 Å². The molecule has 94 valence electrons. The molecule has 2 unspecified atom stereocenters. The van der Waals surface area contributed by atoms with Gasteiger partial charge in [0, 0.05) is 12.3 Å². The summed E-state index contributed by atoms with van der Waals surface area (Å²) in [5.41, 5.74) is 0. The van der Waals surface area contributed by atoms with E-state index in [9.17, 15) is 9.59 Å². The highest BCUT2D eigenvalue weighted by molar-refractivity contribution is 7.98. The minimum Gasteiger partial charge on any atom is -0.480 e. The van der Waals surface area contributed by atoms with Crippen LogP contribution in [-0.4, -0.2) is 41.7 Å². The van der Waals surface area contributed by atoms with Gasteiger partial charge in [0.25, 0.3) is 0 Å². The van der Waals surface area contributed by atoms with Crippen molar-refractivity contribution in [3.8, 4) is 0 Å². The fourth-order valence-corrected chi connectivity index (χ4v) is 1.45. The van der Waals surface area contributed by atoms with Gasteiger partial charge in [-0.3, -0.25) is 0 Å². The fraction of sp³-hybridized carbons (Fsp3) is 0.800. The number of carboxylic acids is 1. The number of rotatable bonds is 7. The van der Waals surface area contributed by atoms with Crippen LogP contribution in [0.5, 0.6) is 0 Å². The first-order valence-electron chi connectivity index (χ1n) is 5.29. The van der Waals surface area contributed by atoms with E-state index in [4.69, 9.17) is 5.11 Å². The SMILES string of the molecule is CCC(C)C(NC(=O)NCCSC)C(=O)O. The number of aliphatic carboxylic acids is 1. The number of carbonyl (C=O) groups is 2. The van der Waals surface area contributed by atoms with E-state index in [1.165, 1.54) is 0 Å². The number of carbonyl (C=O) groups excluding carboxylic acids is 1. The first kappa shape index (κ1) is 15.1. The molecule has 0 aliphatic heterocycles. The highest BCUT2D eigenvalue weighted by Gasteiger charge is 2.24. The van der Waals surface area contributed by atoms with Crippen molar-refractivity contribution < 1.29 is 14.7 Å². The van der Waals surface area contributed by atoms with E-state index in [1.807, 2.05) is 13.2 Å². The van der Waals surface area contributed by atoms with Crippen LogP contribution in [-0.2, 0) is 4.79 Å². The Hall–Kier alpha value is -0.910. The van der Waals surface area contributed by atoms with Gasteiger partial charge in [-0.05, 0) is 12.2 Å². The molecule has 0 rings (SSSR count). The van der Waals surface area contributed by atoms with E-state index in [2.05, 4.69) is 10.6 Å². The number of hydrogen-bond donors (Lipinski definition) is 3. The molecule has 0 saturated heterocycles. The van der Waals surface area contributed by atoms with Crippen LogP contribution in [0.3, 0.4) is 0 Å². The van der Waals surface area contributed by atoms with Crippen molar-refractivity contribution in [2.24, 2.45) is 5.92 Å². The van der Waals surface area contributed by atoms with Crippen LogP contribution in [0.1, 0.15) is 20.3 Å². The molecule has 16 heavy (non-hydrogen) atoms. The lowest BCUT2D eigenvalue weighted by atomic mass is 9.99. The average molecular weight is 248 g/mol. The van der Waals surface area contributed by atoms with Gasteiger partial charge >= 0.3 is 12.0 Å². The zero-order chi connectivity index (χ0) is 12.6. The third-order valence-electron chi connectivity index (χ3n) is 2.36. The Kier molecular flexibility index (Phi) is 7.80. The molecule has 0 aromatic rings. The van der Waals surface area contributed by atoms with E-state index in [0.29, 0.717) is 13.0 Å². The zero-order valence-electron chi connectivity index (χ0n) is 9.95. The van der Waals surface area contributed by atoms with Gasteiger partial charge in [0.05, 0.1) is 0 Å².